The predicted molar refractivity (Wildman–Crippen MR) is 140 cm³/mol. The van der Waals surface area contributed by atoms with Crippen molar-refractivity contribution in [2.24, 2.45) is 17.6 Å². The van der Waals surface area contributed by atoms with Gasteiger partial charge in [0.2, 0.25) is 10.0 Å². The highest BCUT2D eigenvalue weighted by molar-refractivity contribution is 7.90. The second-order valence-electron chi connectivity index (χ2n) is 9.82. The molecule has 3 atom stereocenters. The van der Waals surface area contributed by atoms with Crippen molar-refractivity contribution in [2.45, 2.75) is 70.8 Å². The molecule has 0 aliphatic carbocycles. The zero-order chi connectivity index (χ0) is 25.2. The van der Waals surface area contributed by atoms with Gasteiger partial charge in [-0.15, -0.1) is 12.4 Å². The Balaban J connectivity index is 0.0000109. The number of nitrogens with two attached hydrogens (primary N) is 1. The van der Waals surface area contributed by atoms with E-state index in [1.807, 2.05) is 18.2 Å². The third kappa shape index (κ3) is 10.7. The molecule has 0 saturated heterocycles. The van der Waals surface area contributed by atoms with Crippen molar-refractivity contribution < 1.29 is 27.7 Å². The number of aliphatic hydroxyl groups excluding tert-OH is 1. The van der Waals surface area contributed by atoms with E-state index in [0.29, 0.717) is 37.1 Å². The molecular formula is C24H45ClN2O6S. The largest absolute Gasteiger partial charge is 0.493 e. The molecule has 34 heavy (non-hydrogen) atoms. The zero-order valence-corrected chi connectivity index (χ0v) is 23.3. The van der Waals surface area contributed by atoms with Crippen molar-refractivity contribution in [1.29, 1.82) is 0 Å². The van der Waals surface area contributed by atoms with Crippen LogP contribution in [0.4, 0.5) is 0 Å². The number of hydrogen-bond acceptors (Lipinski definition) is 7. The molecule has 0 amide bonds. The molecule has 0 aliphatic heterocycles. The number of rotatable bonds is 15. The van der Waals surface area contributed by atoms with Gasteiger partial charge >= 0.3 is 0 Å². The Labute approximate surface area is 212 Å². The molecule has 0 saturated carbocycles. The molecule has 1 aromatic carbocycles. The van der Waals surface area contributed by atoms with Gasteiger partial charge in [-0.2, -0.15) is 0 Å². The average molecular weight is 525 g/mol. The van der Waals surface area contributed by atoms with Crippen molar-refractivity contribution in [1.82, 2.24) is 4.72 Å². The third-order valence-electron chi connectivity index (χ3n) is 5.78. The lowest BCUT2D eigenvalue weighted by Gasteiger charge is -2.28. The maximum Gasteiger partial charge on any atom is 0.216 e. The Morgan fingerprint density at radius 2 is 1.76 bits per heavy atom. The van der Waals surface area contributed by atoms with Gasteiger partial charge in [0.1, 0.15) is 0 Å². The first-order valence-corrected chi connectivity index (χ1v) is 13.0. The van der Waals surface area contributed by atoms with Crippen LogP contribution < -0.4 is 19.9 Å². The summed E-state index contributed by atoms with van der Waals surface area (Å²) in [5.74, 6) is 1.89. The molecule has 1 aromatic rings. The fraction of sp³-hybridized carbons (Fsp3) is 0.750. The van der Waals surface area contributed by atoms with E-state index >= 15 is 0 Å². The Kier molecular flexibility index (Phi) is 14.6. The van der Waals surface area contributed by atoms with Crippen molar-refractivity contribution in [3.05, 3.63) is 23.8 Å². The van der Waals surface area contributed by atoms with Gasteiger partial charge in [0.15, 0.2) is 11.5 Å². The Hall–Kier alpha value is -1.10. The fourth-order valence-corrected chi connectivity index (χ4v) is 4.13. The van der Waals surface area contributed by atoms with Gasteiger partial charge in [0, 0.05) is 32.7 Å². The van der Waals surface area contributed by atoms with E-state index < -0.39 is 26.9 Å². The summed E-state index contributed by atoms with van der Waals surface area (Å²) in [6, 6.07) is 5.34. The van der Waals surface area contributed by atoms with Crippen molar-refractivity contribution in [2.75, 3.05) is 34.0 Å². The molecule has 8 nitrogen and oxygen atoms in total. The van der Waals surface area contributed by atoms with Crippen LogP contribution in [-0.2, 0) is 21.2 Å². The molecule has 0 radical (unpaired) electrons. The monoisotopic (exact) mass is 524 g/mol. The first-order valence-electron chi connectivity index (χ1n) is 11.5. The molecule has 0 spiro atoms. The van der Waals surface area contributed by atoms with Gasteiger partial charge in [0.05, 0.1) is 24.6 Å². The van der Waals surface area contributed by atoms with Crippen molar-refractivity contribution in [3.8, 4) is 11.5 Å². The Bertz CT molecular complexity index is 814. The molecule has 200 valence electrons. The summed E-state index contributed by atoms with van der Waals surface area (Å²) in [4.78, 5) is 0. The van der Waals surface area contributed by atoms with Gasteiger partial charge in [-0.1, -0.05) is 19.9 Å². The number of hydrogen-bond donors (Lipinski definition) is 3. The predicted octanol–water partition coefficient (Wildman–Crippen LogP) is 3.14. The van der Waals surface area contributed by atoms with Crippen LogP contribution in [0, 0.1) is 11.8 Å². The summed E-state index contributed by atoms with van der Waals surface area (Å²) >= 11 is 0. The molecule has 0 bridgehead atoms. The van der Waals surface area contributed by atoms with Crippen LogP contribution in [0.3, 0.4) is 0 Å². The number of benzene rings is 1. The molecular weight excluding hydrogens is 480 g/mol. The molecule has 0 unspecified atom stereocenters. The molecule has 10 heteroatoms. The minimum absolute atomic E-state index is 0. The standard InChI is InChI=1S/C24H44N2O6S.ClH/c1-17(2)19(15-20(25)21(27)16-26-33(28,29)24(3,4)5)13-18-9-10-22(31-7)23(14-18)32-12-8-11-30-6;/h9-10,14,17,19-21,26-27H,8,11-13,15-16,25H2,1-7H3;1H/t19-,20-,21-;/m0./s1. The first kappa shape index (κ1) is 32.9. The molecule has 0 fully saturated rings. The molecule has 0 heterocycles. The molecule has 4 N–H and O–H groups in total. The van der Waals surface area contributed by atoms with E-state index in [1.54, 1.807) is 35.0 Å². The van der Waals surface area contributed by atoms with Crippen LogP contribution in [0.1, 0.15) is 53.0 Å². The van der Waals surface area contributed by atoms with Crippen LogP contribution >= 0.6 is 12.4 Å². The highest BCUT2D eigenvalue weighted by Gasteiger charge is 2.30. The van der Waals surface area contributed by atoms with Gasteiger partial charge in [-0.05, 0) is 63.1 Å². The van der Waals surface area contributed by atoms with E-state index in [9.17, 15) is 13.5 Å². The molecule has 0 aromatic heterocycles. The quantitative estimate of drug-likeness (QED) is 0.301. The fourth-order valence-electron chi connectivity index (χ4n) is 3.31. The van der Waals surface area contributed by atoms with Gasteiger partial charge in [-0.3, -0.25) is 0 Å². The van der Waals surface area contributed by atoms with Crippen LogP contribution in [-0.4, -0.2) is 64.4 Å². The number of sulfonamides is 1. The number of methoxy groups -OCH3 is 2. The van der Waals surface area contributed by atoms with Gasteiger partial charge < -0.3 is 25.1 Å². The summed E-state index contributed by atoms with van der Waals surface area (Å²) in [7, 11) is -0.267. The number of aliphatic hydroxyl groups is 1. The topological polar surface area (TPSA) is 120 Å². The summed E-state index contributed by atoms with van der Waals surface area (Å²) in [6.45, 7) is 10.1. The van der Waals surface area contributed by atoms with Gasteiger partial charge in [-0.25, -0.2) is 13.1 Å². The lowest BCUT2D eigenvalue weighted by Crippen LogP contribution is -2.48. The second kappa shape index (κ2) is 15.1. The minimum Gasteiger partial charge on any atom is -0.493 e. The maximum atomic E-state index is 12.3. The lowest BCUT2D eigenvalue weighted by molar-refractivity contribution is 0.129. The SMILES string of the molecule is COCCCOc1cc(C[C@@H](C[C@H](N)[C@@H](O)CNS(=O)(=O)C(C)(C)C)C(C)C)ccc1OC.Cl. The van der Waals surface area contributed by atoms with Crippen molar-refractivity contribution in [3.63, 3.8) is 0 Å². The van der Waals surface area contributed by atoms with E-state index in [2.05, 4.69) is 18.6 Å². The maximum absolute atomic E-state index is 12.3. The van der Waals surface area contributed by atoms with Crippen LogP contribution in [0.25, 0.3) is 0 Å². The number of ether oxygens (including phenoxy) is 3. The van der Waals surface area contributed by atoms with Crippen LogP contribution in [0.2, 0.25) is 0 Å². The Morgan fingerprint density at radius 3 is 2.29 bits per heavy atom. The third-order valence-corrected chi connectivity index (χ3v) is 7.94. The normalized spacial score (nSPS) is 14.9. The van der Waals surface area contributed by atoms with E-state index in [0.717, 1.165) is 18.4 Å². The first-order chi connectivity index (χ1) is 15.3. The van der Waals surface area contributed by atoms with Crippen LogP contribution in [0.15, 0.2) is 18.2 Å². The van der Waals surface area contributed by atoms with E-state index in [1.165, 1.54) is 0 Å². The van der Waals surface area contributed by atoms with E-state index in [-0.39, 0.29) is 24.9 Å². The highest BCUT2D eigenvalue weighted by atomic mass is 35.5. The zero-order valence-electron chi connectivity index (χ0n) is 21.7. The minimum atomic E-state index is -3.54. The van der Waals surface area contributed by atoms with Gasteiger partial charge in [0.25, 0.3) is 0 Å². The Morgan fingerprint density at radius 1 is 1.12 bits per heavy atom. The summed E-state index contributed by atoms with van der Waals surface area (Å²) in [6.07, 6.45) is 1.12. The molecule has 0 aliphatic rings. The van der Waals surface area contributed by atoms with Crippen LogP contribution in [0.5, 0.6) is 11.5 Å². The second-order valence-corrected chi connectivity index (χ2v) is 12.3. The van der Waals surface area contributed by atoms with E-state index in [4.69, 9.17) is 19.9 Å². The number of halogens is 1. The smallest absolute Gasteiger partial charge is 0.216 e. The molecule has 1 rings (SSSR count). The summed E-state index contributed by atoms with van der Waals surface area (Å²) in [5, 5.41) is 10.5. The number of nitrogens with one attached hydrogen (secondary N) is 1. The summed E-state index contributed by atoms with van der Waals surface area (Å²) < 4.78 is 42.4. The lowest BCUT2D eigenvalue weighted by atomic mass is 9.83. The summed E-state index contributed by atoms with van der Waals surface area (Å²) in [5.41, 5.74) is 7.37. The highest BCUT2D eigenvalue weighted by Crippen LogP contribution is 2.31. The van der Waals surface area contributed by atoms with Crippen molar-refractivity contribution >= 4 is 22.4 Å². The average Bonchev–Trinajstić information content (AvgIpc) is 2.73.